The Morgan fingerprint density at radius 1 is 1.56 bits per heavy atom. The number of likely N-dealkylation sites (N-methyl/N-ethyl adjacent to an activating group) is 1. The second-order valence-electron chi connectivity index (χ2n) is 3.53. The van der Waals surface area contributed by atoms with Crippen molar-refractivity contribution in [1.29, 1.82) is 0 Å². The Kier molecular flexibility index (Phi) is 0.945. The molecule has 2 rings (SSSR count). The van der Waals surface area contributed by atoms with E-state index in [0.29, 0.717) is 5.54 Å². The lowest BCUT2D eigenvalue weighted by Crippen LogP contribution is -2.35. The Hall–Kier alpha value is -0.0800. The maximum absolute atomic E-state index is 3.40. The lowest BCUT2D eigenvalue weighted by atomic mass is 10.2. The predicted molar refractivity (Wildman–Crippen MR) is 37.4 cm³/mol. The normalized spacial score (nSPS) is 47.7. The molecule has 0 spiro atoms. The smallest absolute Gasteiger partial charge is 0.0372 e. The number of piperidine rings is 1. The van der Waals surface area contributed by atoms with E-state index in [2.05, 4.69) is 24.3 Å². The molecule has 0 aromatic heterocycles. The van der Waals surface area contributed by atoms with Crippen molar-refractivity contribution < 1.29 is 0 Å². The van der Waals surface area contributed by atoms with Crippen LogP contribution in [0.25, 0.3) is 0 Å². The van der Waals surface area contributed by atoms with E-state index in [1.807, 2.05) is 0 Å². The number of nitrogens with zero attached hydrogens (tertiary/aromatic N) is 1. The van der Waals surface area contributed by atoms with Gasteiger partial charge in [0.1, 0.15) is 0 Å². The van der Waals surface area contributed by atoms with Gasteiger partial charge >= 0.3 is 0 Å². The molecule has 2 heteroatoms. The van der Waals surface area contributed by atoms with E-state index in [0.717, 1.165) is 5.92 Å². The Morgan fingerprint density at radius 3 is 2.56 bits per heavy atom. The standard InChI is InChI=1S/C7H14N2/c1-9(2)7-3-6(7)4-8-5-7/h6,8H,3-5H2,1-2H3/t6?,7-/m0/s1. The summed E-state index contributed by atoms with van der Waals surface area (Å²) in [5, 5.41) is 3.40. The third kappa shape index (κ3) is 0.578. The summed E-state index contributed by atoms with van der Waals surface area (Å²) in [6, 6.07) is 0. The van der Waals surface area contributed by atoms with Gasteiger partial charge in [-0.1, -0.05) is 0 Å². The summed E-state index contributed by atoms with van der Waals surface area (Å²) in [6.07, 6.45) is 1.42. The molecule has 2 atom stereocenters. The lowest BCUT2D eigenvalue weighted by molar-refractivity contribution is 0.274. The molecule has 0 aromatic rings. The highest BCUT2D eigenvalue weighted by Gasteiger charge is 2.58. The quantitative estimate of drug-likeness (QED) is 0.528. The van der Waals surface area contributed by atoms with Gasteiger partial charge in [0.25, 0.3) is 0 Å². The van der Waals surface area contributed by atoms with Crippen LogP contribution in [0.4, 0.5) is 0 Å². The molecule has 0 amide bonds. The van der Waals surface area contributed by atoms with Crippen LogP contribution in [-0.4, -0.2) is 37.6 Å². The van der Waals surface area contributed by atoms with Gasteiger partial charge in [-0.2, -0.15) is 0 Å². The van der Waals surface area contributed by atoms with Gasteiger partial charge in [0, 0.05) is 12.1 Å². The molecule has 1 unspecified atom stereocenters. The molecule has 0 aromatic carbocycles. The topological polar surface area (TPSA) is 15.3 Å². The van der Waals surface area contributed by atoms with Gasteiger partial charge in [-0.05, 0) is 33.0 Å². The van der Waals surface area contributed by atoms with Crippen LogP contribution in [0, 0.1) is 5.92 Å². The minimum absolute atomic E-state index is 0.583. The van der Waals surface area contributed by atoms with E-state index in [-0.39, 0.29) is 0 Å². The van der Waals surface area contributed by atoms with Crippen LogP contribution in [0.15, 0.2) is 0 Å². The molecule has 1 aliphatic heterocycles. The molecule has 1 saturated heterocycles. The summed E-state index contributed by atoms with van der Waals surface area (Å²) in [7, 11) is 4.38. The predicted octanol–water partition coefficient (Wildman–Crippen LogP) is -0.0901. The van der Waals surface area contributed by atoms with E-state index in [4.69, 9.17) is 0 Å². The molecule has 1 saturated carbocycles. The van der Waals surface area contributed by atoms with Gasteiger partial charge < -0.3 is 10.2 Å². The van der Waals surface area contributed by atoms with Crippen LogP contribution in [0.2, 0.25) is 0 Å². The van der Waals surface area contributed by atoms with E-state index in [1.54, 1.807) is 0 Å². The summed E-state index contributed by atoms with van der Waals surface area (Å²) in [6.45, 7) is 2.46. The van der Waals surface area contributed by atoms with Crippen LogP contribution in [-0.2, 0) is 0 Å². The lowest BCUT2D eigenvalue weighted by Gasteiger charge is -2.20. The number of rotatable bonds is 1. The second-order valence-corrected chi connectivity index (χ2v) is 3.53. The highest BCUT2D eigenvalue weighted by Crippen LogP contribution is 2.49. The van der Waals surface area contributed by atoms with Crippen molar-refractivity contribution >= 4 is 0 Å². The first-order chi connectivity index (χ1) is 4.26. The van der Waals surface area contributed by atoms with Crippen LogP contribution in [0.1, 0.15) is 6.42 Å². The largest absolute Gasteiger partial charge is 0.315 e. The molecule has 52 valence electrons. The highest BCUT2D eigenvalue weighted by atomic mass is 15.3. The fourth-order valence-corrected chi connectivity index (χ4v) is 2.02. The van der Waals surface area contributed by atoms with Crippen molar-refractivity contribution in [2.75, 3.05) is 27.2 Å². The monoisotopic (exact) mass is 126 g/mol. The van der Waals surface area contributed by atoms with Crippen molar-refractivity contribution in [2.24, 2.45) is 5.92 Å². The minimum atomic E-state index is 0.583. The number of fused-ring (bicyclic) bond motifs is 1. The molecule has 2 aliphatic rings. The first kappa shape index (κ1) is 5.69. The number of nitrogens with one attached hydrogen (secondary N) is 1. The maximum Gasteiger partial charge on any atom is 0.0372 e. The fraction of sp³-hybridized carbons (Fsp3) is 1.00. The van der Waals surface area contributed by atoms with Gasteiger partial charge in [0.15, 0.2) is 0 Å². The maximum atomic E-state index is 3.40. The van der Waals surface area contributed by atoms with Crippen molar-refractivity contribution in [2.45, 2.75) is 12.0 Å². The van der Waals surface area contributed by atoms with Crippen LogP contribution < -0.4 is 5.32 Å². The summed E-state index contributed by atoms with van der Waals surface area (Å²) >= 11 is 0. The van der Waals surface area contributed by atoms with Gasteiger partial charge in [0.2, 0.25) is 0 Å². The Balaban J connectivity index is 2.10. The van der Waals surface area contributed by atoms with Gasteiger partial charge in [-0.15, -0.1) is 0 Å². The highest BCUT2D eigenvalue weighted by molar-refractivity contribution is 5.16. The molecule has 0 bridgehead atoms. The van der Waals surface area contributed by atoms with Crippen molar-refractivity contribution in [3.8, 4) is 0 Å². The summed E-state index contributed by atoms with van der Waals surface area (Å²) in [4.78, 5) is 2.37. The molecule has 1 N–H and O–H groups in total. The van der Waals surface area contributed by atoms with Crippen molar-refractivity contribution in [3.63, 3.8) is 0 Å². The molecule has 2 fully saturated rings. The third-order valence-electron chi connectivity index (χ3n) is 2.91. The fourth-order valence-electron chi connectivity index (χ4n) is 2.02. The first-order valence-electron chi connectivity index (χ1n) is 3.64. The summed E-state index contributed by atoms with van der Waals surface area (Å²) in [5.41, 5.74) is 0.583. The molecule has 0 radical (unpaired) electrons. The minimum Gasteiger partial charge on any atom is -0.315 e. The Labute approximate surface area is 56.2 Å². The average Bonchev–Trinajstić information content (AvgIpc) is 2.38. The second kappa shape index (κ2) is 1.50. The molecule has 1 aliphatic carbocycles. The average molecular weight is 126 g/mol. The van der Waals surface area contributed by atoms with E-state index >= 15 is 0 Å². The SMILES string of the molecule is CN(C)[C@@]12CNCC1C2. The molecular formula is C7H14N2. The van der Waals surface area contributed by atoms with E-state index in [9.17, 15) is 0 Å². The van der Waals surface area contributed by atoms with E-state index in [1.165, 1.54) is 19.5 Å². The zero-order chi connectivity index (χ0) is 6.48. The zero-order valence-electron chi connectivity index (χ0n) is 6.15. The van der Waals surface area contributed by atoms with Gasteiger partial charge in [-0.25, -0.2) is 0 Å². The van der Waals surface area contributed by atoms with E-state index < -0.39 is 0 Å². The zero-order valence-corrected chi connectivity index (χ0v) is 6.15. The molecule has 1 heterocycles. The molecule has 2 nitrogen and oxygen atoms in total. The Bertz CT molecular complexity index is 129. The van der Waals surface area contributed by atoms with Crippen LogP contribution in [0.3, 0.4) is 0 Å². The molecule has 9 heavy (non-hydrogen) atoms. The number of hydrogen-bond donors (Lipinski definition) is 1. The Morgan fingerprint density at radius 2 is 2.33 bits per heavy atom. The number of hydrogen-bond acceptors (Lipinski definition) is 2. The molecular weight excluding hydrogens is 112 g/mol. The van der Waals surface area contributed by atoms with Crippen LogP contribution >= 0.6 is 0 Å². The van der Waals surface area contributed by atoms with Gasteiger partial charge in [-0.3, -0.25) is 0 Å². The van der Waals surface area contributed by atoms with Crippen molar-refractivity contribution in [3.05, 3.63) is 0 Å². The third-order valence-corrected chi connectivity index (χ3v) is 2.91. The van der Waals surface area contributed by atoms with Gasteiger partial charge in [0.05, 0.1) is 0 Å². The first-order valence-corrected chi connectivity index (χ1v) is 3.64. The summed E-state index contributed by atoms with van der Waals surface area (Å²) in [5.74, 6) is 0.965. The van der Waals surface area contributed by atoms with Crippen molar-refractivity contribution in [1.82, 2.24) is 10.2 Å². The summed E-state index contributed by atoms with van der Waals surface area (Å²) < 4.78 is 0. The van der Waals surface area contributed by atoms with Crippen LogP contribution in [0.5, 0.6) is 0 Å².